The number of carbonyl (C=O) groups excluding carboxylic acids is 1. The zero-order valence-electron chi connectivity index (χ0n) is 10.4. The van der Waals surface area contributed by atoms with E-state index in [0.717, 1.165) is 17.5 Å². The van der Waals surface area contributed by atoms with E-state index in [1.54, 1.807) is 0 Å². The first kappa shape index (κ1) is 14.0. The first-order valence-electron chi connectivity index (χ1n) is 5.62. The van der Waals surface area contributed by atoms with Gasteiger partial charge in [-0.15, -0.1) is 10.2 Å². The van der Waals surface area contributed by atoms with E-state index < -0.39 is 0 Å². The number of nitrogens with two attached hydrogens (primary N) is 1. The van der Waals surface area contributed by atoms with E-state index in [0.29, 0.717) is 12.3 Å². The Kier molecular flexibility index (Phi) is 5.43. The third kappa shape index (κ3) is 4.01. The molecular formula is C10H19N5OS. The van der Waals surface area contributed by atoms with Crippen LogP contribution in [0.25, 0.3) is 0 Å². The highest BCUT2D eigenvalue weighted by atomic mass is 32.2. The average molecular weight is 257 g/mol. The molecule has 1 aromatic rings. The van der Waals surface area contributed by atoms with Gasteiger partial charge in [-0.2, -0.15) is 0 Å². The molecule has 0 aliphatic carbocycles. The van der Waals surface area contributed by atoms with Crippen molar-refractivity contribution >= 4 is 17.7 Å². The number of nitrogens with one attached hydrogen (secondary N) is 1. The Balaban J connectivity index is 2.57. The quantitative estimate of drug-likeness (QED) is 0.719. The van der Waals surface area contributed by atoms with E-state index in [1.807, 2.05) is 25.3 Å². The predicted molar refractivity (Wildman–Crippen MR) is 67.6 cm³/mol. The summed E-state index contributed by atoms with van der Waals surface area (Å²) in [5.74, 6) is 1.10. The monoisotopic (exact) mass is 257 g/mol. The highest BCUT2D eigenvalue weighted by molar-refractivity contribution is 7.99. The second-order valence-corrected chi connectivity index (χ2v) is 4.80. The summed E-state index contributed by atoms with van der Waals surface area (Å²) < 4.78 is 1.92. The van der Waals surface area contributed by atoms with Gasteiger partial charge in [0.25, 0.3) is 0 Å². The van der Waals surface area contributed by atoms with E-state index in [2.05, 4.69) is 15.5 Å². The number of thioether (sulfide) groups is 1. The molecule has 1 amide bonds. The standard InChI is InChI=1S/C10H19N5OS/c1-4-15-8(5-11)13-14-10(15)17-6-9(16)12-7(2)3/h7H,4-6,11H2,1-3H3,(H,12,16). The molecule has 0 atom stereocenters. The summed E-state index contributed by atoms with van der Waals surface area (Å²) in [5, 5.41) is 11.6. The normalized spacial score (nSPS) is 10.9. The molecule has 0 aliphatic rings. The van der Waals surface area contributed by atoms with Crippen molar-refractivity contribution < 1.29 is 4.79 Å². The lowest BCUT2D eigenvalue weighted by molar-refractivity contribution is -0.119. The van der Waals surface area contributed by atoms with Crippen LogP contribution in [-0.2, 0) is 17.9 Å². The van der Waals surface area contributed by atoms with Gasteiger partial charge in [0.05, 0.1) is 12.3 Å². The molecule has 0 unspecified atom stereocenters. The first-order chi connectivity index (χ1) is 8.08. The molecule has 17 heavy (non-hydrogen) atoms. The summed E-state index contributed by atoms with van der Waals surface area (Å²) in [4.78, 5) is 11.5. The SMILES string of the molecule is CCn1c(CN)nnc1SCC(=O)NC(C)C. The second kappa shape index (κ2) is 6.61. The van der Waals surface area contributed by atoms with Gasteiger partial charge in [-0.1, -0.05) is 11.8 Å². The van der Waals surface area contributed by atoms with Crippen LogP contribution >= 0.6 is 11.8 Å². The first-order valence-corrected chi connectivity index (χ1v) is 6.61. The van der Waals surface area contributed by atoms with Crippen molar-refractivity contribution in [2.45, 2.75) is 45.1 Å². The number of rotatable bonds is 6. The summed E-state index contributed by atoms with van der Waals surface area (Å²) in [6.07, 6.45) is 0. The Morgan fingerprint density at radius 1 is 1.53 bits per heavy atom. The van der Waals surface area contributed by atoms with Crippen molar-refractivity contribution in [2.24, 2.45) is 5.73 Å². The molecule has 0 aliphatic heterocycles. The van der Waals surface area contributed by atoms with Crippen molar-refractivity contribution in [3.63, 3.8) is 0 Å². The summed E-state index contributed by atoms with van der Waals surface area (Å²) in [6, 6.07) is 0.159. The maximum atomic E-state index is 11.5. The van der Waals surface area contributed by atoms with Crippen LogP contribution in [0.3, 0.4) is 0 Å². The zero-order valence-corrected chi connectivity index (χ0v) is 11.3. The van der Waals surface area contributed by atoms with Crippen molar-refractivity contribution in [1.29, 1.82) is 0 Å². The Hall–Kier alpha value is -1.08. The lowest BCUT2D eigenvalue weighted by Crippen LogP contribution is -2.31. The highest BCUT2D eigenvalue weighted by Gasteiger charge is 2.12. The van der Waals surface area contributed by atoms with Gasteiger partial charge >= 0.3 is 0 Å². The third-order valence-electron chi connectivity index (χ3n) is 2.07. The molecular weight excluding hydrogens is 238 g/mol. The van der Waals surface area contributed by atoms with Crippen LogP contribution in [0, 0.1) is 0 Å². The maximum Gasteiger partial charge on any atom is 0.230 e. The third-order valence-corrected chi connectivity index (χ3v) is 3.04. The largest absolute Gasteiger partial charge is 0.353 e. The van der Waals surface area contributed by atoms with Crippen LogP contribution in [0.5, 0.6) is 0 Å². The minimum Gasteiger partial charge on any atom is -0.353 e. The molecule has 0 bridgehead atoms. The molecule has 0 aromatic carbocycles. The van der Waals surface area contributed by atoms with Gasteiger partial charge < -0.3 is 15.6 Å². The van der Waals surface area contributed by atoms with Gasteiger partial charge in [0.15, 0.2) is 5.16 Å². The second-order valence-electron chi connectivity index (χ2n) is 3.86. The molecule has 0 saturated carbocycles. The van der Waals surface area contributed by atoms with E-state index in [1.165, 1.54) is 11.8 Å². The van der Waals surface area contributed by atoms with Crippen LogP contribution in [0.2, 0.25) is 0 Å². The van der Waals surface area contributed by atoms with Crippen LogP contribution in [0.1, 0.15) is 26.6 Å². The fourth-order valence-electron chi connectivity index (χ4n) is 1.39. The lowest BCUT2D eigenvalue weighted by atomic mass is 10.4. The van der Waals surface area contributed by atoms with E-state index in [4.69, 9.17) is 5.73 Å². The zero-order chi connectivity index (χ0) is 12.8. The molecule has 7 heteroatoms. The van der Waals surface area contributed by atoms with Gasteiger partial charge in [0, 0.05) is 12.6 Å². The number of amides is 1. The number of hydrogen-bond donors (Lipinski definition) is 2. The Morgan fingerprint density at radius 3 is 2.76 bits per heavy atom. The Bertz CT molecular complexity index is 377. The maximum absolute atomic E-state index is 11.5. The minimum absolute atomic E-state index is 0.00458. The molecule has 0 spiro atoms. The molecule has 96 valence electrons. The summed E-state index contributed by atoms with van der Waals surface area (Å²) in [6.45, 7) is 6.99. The Labute approximate surface area is 105 Å². The summed E-state index contributed by atoms with van der Waals surface area (Å²) >= 11 is 1.38. The van der Waals surface area contributed by atoms with Gasteiger partial charge in [-0.3, -0.25) is 4.79 Å². The van der Waals surface area contributed by atoms with E-state index in [-0.39, 0.29) is 11.9 Å². The van der Waals surface area contributed by atoms with Crippen molar-refractivity contribution in [3.05, 3.63) is 5.82 Å². The summed E-state index contributed by atoms with van der Waals surface area (Å²) in [7, 11) is 0. The fraction of sp³-hybridized carbons (Fsp3) is 0.700. The molecule has 1 rings (SSSR count). The van der Waals surface area contributed by atoms with E-state index >= 15 is 0 Å². The topological polar surface area (TPSA) is 85.8 Å². The molecule has 6 nitrogen and oxygen atoms in total. The van der Waals surface area contributed by atoms with Gasteiger partial charge in [0.1, 0.15) is 5.82 Å². The van der Waals surface area contributed by atoms with Crippen LogP contribution in [0.4, 0.5) is 0 Å². The van der Waals surface area contributed by atoms with Gasteiger partial charge in [-0.05, 0) is 20.8 Å². The van der Waals surface area contributed by atoms with E-state index in [9.17, 15) is 4.79 Å². The lowest BCUT2D eigenvalue weighted by Gasteiger charge is -2.08. The molecule has 0 radical (unpaired) electrons. The molecule has 0 fully saturated rings. The van der Waals surface area contributed by atoms with Crippen LogP contribution in [0.15, 0.2) is 5.16 Å². The van der Waals surface area contributed by atoms with Crippen molar-refractivity contribution in [3.8, 4) is 0 Å². The number of aromatic nitrogens is 3. The number of hydrogen-bond acceptors (Lipinski definition) is 5. The number of carbonyl (C=O) groups is 1. The molecule has 3 N–H and O–H groups in total. The van der Waals surface area contributed by atoms with Gasteiger partial charge in [0.2, 0.25) is 5.91 Å². The van der Waals surface area contributed by atoms with Crippen molar-refractivity contribution in [2.75, 3.05) is 5.75 Å². The average Bonchev–Trinajstić information content (AvgIpc) is 2.67. The summed E-state index contributed by atoms with van der Waals surface area (Å²) in [5.41, 5.74) is 5.55. The van der Waals surface area contributed by atoms with Gasteiger partial charge in [-0.25, -0.2) is 0 Å². The molecule has 1 aromatic heterocycles. The Morgan fingerprint density at radius 2 is 2.24 bits per heavy atom. The minimum atomic E-state index is 0.00458. The highest BCUT2D eigenvalue weighted by Crippen LogP contribution is 2.16. The number of nitrogens with zero attached hydrogens (tertiary/aromatic N) is 3. The predicted octanol–water partition coefficient (Wildman–Crippen LogP) is 0.373. The van der Waals surface area contributed by atoms with Crippen LogP contribution < -0.4 is 11.1 Å². The smallest absolute Gasteiger partial charge is 0.230 e. The molecule has 1 heterocycles. The molecule has 0 saturated heterocycles. The van der Waals surface area contributed by atoms with Crippen molar-refractivity contribution in [1.82, 2.24) is 20.1 Å². The van der Waals surface area contributed by atoms with Crippen LogP contribution in [-0.4, -0.2) is 32.5 Å². The fourth-order valence-corrected chi connectivity index (χ4v) is 2.22.